The van der Waals surface area contributed by atoms with E-state index in [1.165, 1.54) is 22.5 Å². The number of halogens is 3. The minimum atomic E-state index is -4.40. The van der Waals surface area contributed by atoms with Crippen molar-refractivity contribution in [3.63, 3.8) is 0 Å². The van der Waals surface area contributed by atoms with Gasteiger partial charge in [0.25, 0.3) is 0 Å². The lowest BCUT2D eigenvalue weighted by atomic mass is 9.92. The first kappa shape index (κ1) is 26.4. The molecule has 2 fully saturated rings. The molecular weight excluding hydrogens is 527 g/mol. The number of aromatic nitrogens is 6. The molecule has 2 aliphatic rings. The van der Waals surface area contributed by atoms with Crippen LogP contribution in [-0.4, -0.2) is 73.7 Å². The molecule has 6 rings (SSSR count). The average Bonchev–Trinajstić information content (AvgIpc) is 3.63. The van der Waals surface area contributed by atoms with Gasteiger partial charge in [-0.15, -0.1) is 11.3 Å². The van der Waals surface area contributed by atoms with Crippen molar-refractivity contribution in [1.29, 1.82) is 0 Å². The zero-order valence-corrected chi connectivity index (χ0v) is 22.9. The lowest BCUT2D eigenvalue weighted by molar-refractivity contribution is -0.127. The molecular formula is C27H32F3N7OS. The van der Waals surface area contributed by atoms with Crippen LogP contribution in [0.5, 0.6) is 0 Å². The molecule has 4 aromatic rings. The van der Waals surface area contributed by atoms with Crippen LogP contribution in [0.1, 0.15) is 53.3 Å². The van der Waals surface area contributed by atoms with Crippen molar-refractivity contribution in [2.24, 2.45) is 5.92 Å². The number of likely N-dealkylation sites (tertiary alicyclic amines) is 1. The maximum absolute atomic E-state index is 13.8. The summed E-state index contributed by atoms with van der Waals surface area (Å²) in [5.74, 6) is 1.08. The largest absolute Gasteiger partial charge is 0.393 e. The highest BCUT2D eigenvalue weighted by Crippen LogP contribution is 2.41. The summed E-state index contributed by atoms with van der Waals surface area (Å²) < 4.78 is 48.4. The molecule has 12 heteroatoms. The molecule has 0 spiro atoms. The smallest absolute Gasteiger partial charge is 0.381 e. The fourth-order valence-corrected chi connectivity index (χ4v) is 7.20. The van der Waals surface area contributed by atoms with Crippen LogP contribution >= 0.6 is 11.3 Å². The lowest BCUT2D eigenvalue weighted by Gasteiger charge is -2.35. The summed E-state index contributed by atoms with van der Waals surface area (Å²) in [4.78, 5) is 12.7. The van der Waals surface area contributed by atoms with E-state index in [1.807, 2.05) is 13.8 Å². The van der Waals surface area contributed by atoms with Gasteiger partial charge in [-0.1, -0.05) is 0 Å². The molecule has 0 aliphatic carbocycles. The first-order valence-electron chi connectivity index (χ1n) is 13.5. The quantitative estimate of drug-likeness (QED) is 0.333. The van der Waals surface area contributed by atoms with Crippen LogP contribution in [0, 0.1) is 19.8 Å². The maximum Gasteiger partial charge on any atom is 0.393 e. The SMILES string of the molecule is Cc1nc(-c2[nH]nc(-c3cc(C)c4ncnn4c3)c2CC(F)(F)F)sc1C1CCN(CC2CCOCC2)CC1. The van der Waals surface area contributed by atoms with E-state index in [-0.39, 0.29) is 11.3 Å². The van der Waals surface area contributed by atoms with Gasteiger partial charge in [0.15, 0.2) is 5.65 Å². The van der Waals surface area contributed by atoms with Gasteiger partial charge < -0.3 is 9.64 Å². The second-order valence-corrected chi connectivity index (χ2v) is 11.8. The summed E-state index contributed by atoms with van der Waals surface area (Å²) in [6.07, 6.45) is 1.94. The van der Waals surface area contributed by atoms with E-state index in [0.717, 1.165) is 69.8 Å². The Kier molecular flexibility index (Phi) is 7.19. The number of H-pyrrole nitrogens is 1. The number of nitrogens with one attached hydrogen (secondary N) is 1. The number of piperidine rings is 1. The summed E-state index contributed by atoms with van der Waals surface area (Å²) in [5.41, 5.74) is 3.63. The van der Waals surface area contributed by atoms with Crippen molar-refractivity contribution in [3.05, 3.63) is 40.3 Å². The van der Waals surface area contributed by atoms with Gasteiger partial charge in [-0.05, 0) is 76.1 Å². The topological polar surface area (TPSA) is 84.2 Å². The Labute approximate surface area is 228 Å². The van der Waals surface area contributed by atoms with E-state index in [9.17, 15) is 13.2 Å². The van der Waals surface area contributed by atoms with Crippen molar-refractivity contribution < 1.29 is 17.9 Å². The fourth-order valence-electron chi connectivity index (χ4n) is 5.94. The number of thiazole rings is 1. The molecule has 2 saturated heterocycles. The zero-order chi connectivity index (χ0) is 27.1. The van der Waals surface area contributed by atoms with E-state index in [4.69, 9.17) is 9.72 Å². The summed E-state index contributed by atoms with van der Waals surface area (Å²) in [6, 6.07) is 1.80. The minimum Gasteiger partial charge on any atom is -0.381 e. The van der Waals surface area contributed by atoms with Crippen LogP contribution in [0.15, 0.2) is 18.6 Å². The molecule has 208 valence electrons. The summed E-state index contributed by atoms with van der Waals surface area (Å²) >= 11 is 1.50. The molecule has 0 aromatic carbocycles. The van der Waals surface area contributed by atoms with Gasteiger partial charge in [0.05, 0.1) is 23.5 Å². The summed E-state index contributed by atoms with van der Waals surface area (Å²) in [5, 5.41) is 12.0. The molecule has 0 radical (unpaired) electrons. The number of pyridine rings is 1. The van der Waals surface area contributed by atoms with Crippen molar-refractivity contribution in [1.82, 2.24) is 34.7 Å². The standard InChI is InChI=1S/C27H32F3N7OS/c1-16-11-20(14-37-25(16)31-15-32-37)22-21(12-27(28,29)30)23(35-34-22)26-33-17(2)24(39-26)19-3-7-36(8-4-19)13-18-5-9-38-10-6-18/h11,14-15,18-19H,3-10,12-13H2,1-2H3,(H,34,35). The molecule has 8 nitrogen and oxygen atoms in total. The number of ether oxygens (including phenoxy) is 1. The minimum absolute atomic E-state index is 0.105. The number of fused-ring (bicyclic) bond motifs is 1. The third-order valence-corrected chi connectivity index (χ3v) is 9.28. The monoisotopic (exact) mass is 559 g/mol. The highest BCUT2D eigenvalue weighted by atomic mass is 32.1. The maximum atomic E-state index is 13.8. The van der Waals surface area contributed by atoms with E-state index < -0.39 is 12.6 Å². The first-order valence-corrected chi connectivity index (χ1v) is 14.3. The van der Waals surface area contributed by atoms with Gasteiger partial charge in [0.2, 0.25) is 0 Å². The van der Waals surface area contributed by atoms with Crippen LogP contribution < -0.4 is 0 Å². The molecule has 0 bridgehead atoms. The second-order valence-electron chi connectivity index (χ2n) is 10.8. The highest BCUT2D eigenvalue weighted by Gasteiger charge is 2.34. The van der Waals surface area contributed by atoms with Crippen molar-refractivity contribution in [2.75, 3.05) is 32.8 Å². The Morgan fingerprint density at radius 3 is 2.64 bits per heavy atom. The normalized spacial score (nSPS) is 18.4. The van der Waals surface area contributed by atoms with Gasteiger partial charge >= 0.3 is 6.18 Å². The van der Waals surface area contributed by atoms with E-state index in [0.29, 0.717) is 33.7 Å². The van der Waals surface area contributed by atoms with Gasteiger partial charge in [-0.3, -0.25) is 5.10 Å². The molecule has 2 aliphatic heterocycles. The van der Waals surface area contributed by atoms with Crippen LogP contribution in [0.3, 0.4) is 0 Å². The van der Waals surface area contributed by atoms with Crippen LogP contribution in [0.4, 0.5) is 13.2 Å². The van der Waals surface area contributed by atoms with Gasteiger partial charge in [-0.25, -0.2) is 14.5 Å². The molecule has 0 atom stereocenters. The fraction of sp³-hybridized carbons (Fsp3) is 0.556. The van der Waals surface area contributed by atoms with E-state index in [1.54, 1.807) is 16.8 Å². The molecule has 0 saturated carbocycles. The Morgan fingerprint density at radius 1 is 1.13 bits per heavy atom. The highest BCUT2D eigenvalue weighted by molar-refractivity contribution is 7.15. The third kappa shape index (κ3) is 5.59. The molecule has 0 amide bonds. The number of alkyl halides is 3. The number of rotatable bonds is 6. The van der Waals surface area contributed by atoms with Crippen molar-refractivity contribution in [2.45, 2.75) is 58.0 Å². The molecule has 1 N–H and O–H groups in total. The molecule has 4 aromatic heterocycles. The number of hydrogen-bond acceptors (Lipinski definition) is 7. The lowest BCUT2D eigenvalue weighted by Crippen LogP contribution is -2.38. The van der Waals surface area contributed by atoms with Crippen molar-refractivity contribution in [3.8, 4) is 22.0 Å². The van der Waals surface area contributed by atoms with Crippen molar-refractivity contribution >= 4 is 17.0 Å². The van der Waals surface area contributed by atoms with Gasteiger partial charge in [0, 0.05) is 42.0 Å². The Bertz CT molecular complexity index is 1450. The first-order chi connectivity index (χ1) is 18.7. The van der Waals surface area contributed by atoms with Crippen LogP contribution in [0.25, 0.3) is 27.6 Å². The number of nitrogens with zero attached hydrogens (tertiary/aromatic N) is 6. The molecule has 39 heavy (non-hydrogen) atoms. The van der Waals surface area contributed by atoms with Gasteiger partial charge in [0.1, 0.15) is 11.3 Å². The van der Waals surface area contributed by atoms with Crippen LogP contribution in [0.2, 0.25) is 0 Å². The van der Waals surface area contributed by atoms with Crippen LogP contribution in [-0.2, 0) is 11.2 Å². The number of hydrogen-bond donors (Lipinski definition) is 1. The van der Waals surface area contributed by atoms with E-state index >= 15 is 0 Å². The predicted octanol–water partition coefficient (Wildman–Crippen LogP) is 5.57. The Morgan fingerprint density at radius 2 is 1.90 bits per heavy atom. The molecule has 6 heterocycles. The second kappa shape index (κ2) is 10.6. The number of aromatic amines is 1. The zero-order valence-electron chi connectivity index (χ0n) is 22.1. The molecule has 0 unspecified atom stereocenters. The summed E-state index contributed by atoms with van der Waals surface area (Å²) in [7, 11) is 0. The third-order valence-electron chi connectivity index (χ3n) is 7.94. The Hall–Kier alpha value is -2.83. The number of aryl methyl sites for hydroxylation is 2. The van der Waals surface area contributed by atoms with Gasteiger partial charge in [-0.2, -0.15) is 23.4 Å². The van der Waals surface area contributed by atoms with E-state index in [2.05, 4.69) is 25.2 Å². The predicted molar refractivity (Wildman–Crippen MR) is 143 cm³/mol. The Balaban J connectivity index is 1.26. The average molecular weight is 560 g/mol. The summed E-state index contributed by atoms with van der Waals surface area (Å²) in [6.45, 7) is 8.75.